The molecule has 2 heterocycles. The van der Waals surface area contributed by atoms with Gasteiger partial charge in [0.25, 0.3) is 5.56 Å². The van der Waals surface area contributed by atoms with E-state index in [9.17, 15) is 19.8 Å². The lowest BCUT2D eigenvalue weighted by Gasteiger charge is -2.39. The van der Waals surface area contributed by atoms with Gasteiger partial charge < -0.3 is 20.1 Å². The zero-order valence-corrected chi connectivity index (χ0v) is 10.2. The molecule has 9 heteroatoms. The Hall–Kier alpha value is -1.99. The second kappa shape index (κ2) is 5.56. The fraction of sp³-hybridized carbons (Fsp3) is 0.545. The van der Waals surface area contributed by atoms with E-state index in [4.69, 9.17) is 15.1 Å². The van der Waals surface area contributed by atoms with E-state index >= 15 is 0 Å². The number of nitrogens with one attached hydrogen (secondary N) is 1. The lowest BCUT2D eigenvalue weighted by atomic mass is 9.90. The lowest BCUT2D eigenvalue weighted by Crippen LogP contribution is -2.54. The van der Waals surface area contributed by atoms with E-state index in [2.05, 4.69) is 0 Å². The molecule has 20 heavy (non-hydrogen) atoms. The van der Waals surface area contributed by atoms with Crippen LogP contribution in [0.1, 0.15) is 6.23 Å². The van der Waals surface area contributed by atoms with Crippen molar-refractivity contribution in [3.8, 4) is 6.07 Å². The molecule has 1 saturated heterocycles. The molecular weight excluding hydrogens is 270 g/mol. The van der Waals surface area contributed by atoms with Crippen molar-refractivity contribution in [2.24, 2.45) is 5.92 Å². The maximum Gasteiger partial charge on any atom is 0.330 e. The molecule has 2 rings (SSSR count). The molecule has 0 aliphatic carbocycles. The molecule has 108 valence electrons. The molecule has 1 fully saturated rings. The third kappa shape index (κ3) is 2.37. The van der Waals surface area contributed by atoms with Gasteiger partial charge in [0.2, 0.25) is 0 Å². The second-order valence-corrected chi connectivity index (χ2v) is 4.40. The Labute approximate surface area is 112 Å². The minimum Gasteiger partial charge on any atom is -0.394 e. The highest BCUT2D eigenvalue weighted by Gasteiger charge is 2.45. The number of aliphatic hydroxyl groups excluding tert-OH is 3. The number of aromatic amines is 1. The first-order chi connectivity index (χ1) is 9.49. The van der Waals surface area contributed by atoms with Crippen LogP contribution in [-0.4, -0.2) is 49.8 Å². The summed E-state index contributed by atoms with van der Waals surface area (Å²) in [5.74, 6) is -1.12. The van der Waals surface area contributed by atoms with Crippen LogP contribution >= 0.6 is 0 Å². The third-order valence-electron chi connectivity index (χ3n) is 3.18. The maximum atomic E-state index is 11.6. The summed E-state index contributed by atoms with van der Waals surface area (Å²) in [7, 11) is 0. The number of hydrogen-bond acceptors (Lipinski definition) is 7. The van der Waals surface area contributed by atoms with Crippen LogP contribution in [0.2, 0.25) is 0 Å². The molecule has 0 saturated carbocycles. The zero-order valence-electron chi connectivity index (χ0n) is 10.2. The van der Waals surface area contributed by atoms with Gasteiger partial charge in [-0.05, 0) is 0 Å². The van der Waals surface area contributed by atoms with Gasteiger partial charge in [0.05, 0.1) is 12.7 Å². The van der Waals surface area contributed by atoms with Crippen molar-refractivity contribution in [3.63, 3.8) is 0 Å². The average molecular weight is 283 g/mol. The minimum absolute atomic E-state index is 0.559. The molecular formula is C11H13N3O6. The van der Waals surface area contributed by atoms with E-state index in [-0.39, 0.29) is 0 Å². The molecule has 0 unspecified atom stereocenters. The molecule has 1 aliphatic rings. The summed E-state index contributed by atoms with van der Waals surface area (Å²) in [6, 6.07) is 2.79. The van der Waals surface area contributed by atoms with Gasteiger partial charge in [-0.25, -0.2) is 4.79 Å². The largest absolute Gasteiger partial charge is 0.394 e. The van der Waals surface area contributed by atoms with Crippen molar-refractivity contribution >= 4 is 0 Å². The van der Waals surface area contributed by atoms with Gasteiger partial charge >= 0.3 is 5.69 Å². The molecule has 0 spiro atoms. The molecule has 5 atom stereocenters. The molecule has 1 aromatic rings. The van der Waals surface area contributed by atoms with Crippen LogP contribution < -0.4 is 11.2 Å². The highest BCUT2D eigenvalue weighted by Crippen LogP contribution is 2.30. The third-order valence-corrected chi connectivity index (χ3v) is 3.18. The predicted octanol–water partition coefficient (Wildman–Crippen LogP) is -2.71. The number of ether oxygens (including phenoxy) is 1. The van der Waals surface area contributed by atoms with E-state index in [1.165, 1.54) is 0 Å². The van der Waals surface area contributed by atoms with Gasteiger partial charge in [-0.2, -0.15) is 5.26 Å². The molecule has 0 bridgehead atoms. The monoisotopic (exact) mass is 283 g/mol. The van der Waals surface area contributed by atoms with E-state index in [1.54, 1.807) is 6.07 Å². The minimum atomic E-state index is -1.55. The first-order valence-electron chi connectivity index (χ1n) is 5.83. The molecule has 9 nitrogen and oxygen atoms in total. The highest BCUT2D eigenvalue weighted by molar-refractivity contribution is 5.01. The average Bonchev–Trinajstić information content (AvgIpc) is 2.42. The summed E-state index contributed by atoms with van der Waals surface area (Å²) in [5, 5.41) is 37.9. The van der Waals surface area contributed by atoms with Crippen LogP contribution in [0.15, 0.2) is 21.9 Å². The van der Waals surface area contributed by atoms with E-state index in [1.807, 2.05) is 4.98 Å². The first kappa shape index (κ1) is 14.4. The Balaban J connectivity index is 2.40. The van der Waals surface area contributed by atoms with Crippen LogP contribution in [0.5, 0.6) is 0 Å². The fourth-order valence-electron chi connectivity index (χ4n) is 2.12. The smallest absolute Gasteiger partial charge is 0.330 e. The molecule has 1 aromatic heterocycles. The predicted molar refractivity (Wildman–Crippen MR) is 63.4 cm³/mol. The molecule has 0 amide bonds. The van der Waals surface area contributed by atoms with Gasteiger partial charge in [-0.3, -0.25) is 14.3 Å². The van der Waals surface area contributed by atoms with Gasteiger partial charge in [0, 0.05) is 12.3 Å². The number of rotatable bonds is 2. The number of hydrogen-bond donors (Lipinski definition) is 4. The number of aliphatic hydroxyl groups is 3. The van der Waals surface area contributed by atoms with Crippen LogP contribution in [0.4, 0.5) is 0 Å². The highest BCUT2D eigenvalue weighted by atomic mass is 16.5. The van der Waals surface area contributed by atoms with Gasteiger partial charge in [-0.15, -0.1) is 0 Å². The molecule has 4 N–H and O–H groups in total. The summed E-state index contributed by atoms with van der Waals surface area (Å²) >= 11 is 0. The van der Waals surface area contributed by atoms with E-state index in [0.717, 1.165) is 16.8 Å². The fourth-order valence-corrected chi connectivity index (χ4v) is 2.12. The van der Waals surface area contributed by atoms with Crippen molar-refractivity contribution in [3.05, 3.63) is 33.1 Å². The Kier molecular flexibility index (Phi) is 4.01. The molecule has 1 aliphatic heterocycles. The number of H-pyrrole nitrogens is 1. The topological polar surface area (TPSA) is 149 Å². The standard InChI is InChI=1S/C11H13N3O6/c12-3-5-6(4-15)20-10(9(18)8(5)17)14-2-1-7(16)13-11(14)19/h1-2,5-6,8-10,15,17-18H,4H2,(H,13,16,19)/t5-,6+,8-,9-,10-/m0/s1. The van der Waals surface area contributed by atoms with Gasteiger partial charge in [0.1, 0.15) is 24.2 Å². The summed E-state index contributed by atoms with van der Waals surface area (Å²) in [5.41, 5.74) is -1.45. The molecule has 0 aromatic carbocycles. The summed E-state index contributed by atoms with van der Waals surface area (Å²) in [4.78, 5) is 24.6. The Morgan fingerprint density at radius 1 is 1.40 bits per heavy atom. The van der Waals surface area contributed by atoms with Crippen LogP contribution in [0, 0.1) is 17.2 Å². The number of aromatic nitrogens is 2. The summed E-state index contributed by atoms with van der Waals surface area (Å²) < 4.78 is 6.17. The van der Waals surface area contributed by atoms with Crippen molar-refractivity contribution in [2.75, 3.05) is 6.61 Å². The Morgan fingerprint density at radius 3 is 2.65 bits per heavy atom. The van der Waals surface area contributed by atoms with E-state index < -0.39 is 48.3 Å². The van der Waals surface area contributed by atoms with Crippen molar-refractivity contribution < 1.29 is 20.1 Å². The molecule has 0 radical (unpaired) electrons. The van der Waals surface area contributed by atoms with E-state index in [0.29, 0.717) is 0 Å². The number of nitrogens with zero attached hydrogens (tertiary/aromatic N) is 2. The van der Waals surface area contributed by atoms with Gasteiger partial charge in [-0.1, -0.05) is 0 Å². The van der Waals surface area contributed by atoms with Crippen LogP contribution in [0.3, 0.4) is 0 Å². The Bertz CT molecular complexity index is 630. The summed E-state index contributed by atoms with van der Waals surface area (Å²) in [6.45, 7) is -0.559. The zero-order chi connectivity index (χ0) is 14.9. The van der Waals surface area contributed by atoms with Crippen molar-refractivity contribution in [1.29, 1.82) is 5.26 Å². The quantitative estimate of drug-likeness (QED) is 0.461. The second-order valence-electron chi connectivity index (χ2n) is 4.40. The maximum absolute atomic E-state index is 11.6. The van der Waals surface area contributed by atoms with Crippen molar-refractivity contribution in [1.82, 2.24) is 9.55 Å². The number of nitriles is 1. The SMILES string of the molecule is N#C[C@@H]1[C@H](O)[C@H](O)[C@@H](n2ccc(=O)[nH]c2=O)O[C@@H]1CO. The van der Waals surface area contributed by atoms with Crippen LogP contribution in [-0.2, 0) is 4.74 Å². The Morgan fingerprint density at radius 2 is 2.10 bits per heavy atom. The normalized spacial score (nSPS) is 33.6. The van der Waals surface area contributed by atoms with Crippen molar-refractivity contribution in [2.45, 2.75) is 24.5 Å². The first-order valence-corrected chi connectivity index (χ1v) is 5.83. The lowest BCUT2D eigenvalue weighted by molar-refractivity contribution is -0.223. The van der Waals surface area contributed by atoms with Crippen LogP contribution in [0.25, 0.3) is 0 Å². The summed E-state index contributed by atoms with van der Waals surface area (Å²) in [6.07, 6.45) is -4.30. The van der Waals surface area contributed by atoms with Gasteiger partial charge in [0.15, 0.2) is 6.23 Å².